The van der Waals surface area contributed by atoms with Crippen molar-refractivity contribution in [2.24, 2.45) is 10.6 Å². The van der Waals surface area contributed by atoms with Gasteiger partial charge < -0.3 is 19.8 Å². The molecule has 20 heavy (non-hydrogen) atoms. The third kappa shape index (κ3) is 4.09. The minimum atomic E-state index is 0.0336. The standard InChI is InChI=1S/C15H29N3O2/c1-4-5-10-18(3)11-13-12-19-17-14(20-13)15(2)6-8-16-9-7-15/h13,16H,4-12H2,1-3H3. The van der Waals surface area contributed by atoms with Gasteiger partial charge in [-0.1, -0.05) is 25.4 Å². The monoisotopic (exact) mass is 283 g/mol. The van der Waals surface area contributed by atoms with Crippen molar-refractivity contribution in [2.75, 3.05) is 39.8 Å². The van der Waals surface area contributed by atoms with E-state index in [4.69, 9.17) is 9.57 Å². The zero-order valence-electron chi connectivity index (χ0n) is 13.2. The van der Waals surface area contributed by atoms with Crippen LogP contribution in [0.25, 0.3) is 0 Å². The Kier molecular flexibility index (Phi) is 5.66. The van der Waals surface area contributed by atoms with Crippen molar-refractivity contribution in [3.05, 3.63) is 0 Å². The summed E-state index contributed by atoms with van der Waals surface area (Å²) in [6, 6.07) is 0. The minimum Gasteiger partial charge on any atom is -0.470 e. The van der Waals surface area contributed by atoms with E-state index in [1.165, 1.54) is 12.8 Å². The topological polar surface area (TPSA) is 46.1 Å². The molecule has 0 radical (unpaired) electrons. The van der Waals surface area contributed by atoms with Crippen LogP contribution >= 0.6 is 0 Å². The fourth-order valence-electron chi connectivity index (χ4n) is 2.79. The lowest BCUT2D eigenvalue weighted by molar-refractivity contribution is -0.0179. The molecule has 1 saturated heterocycles. The Morgan fingerprint density at radius 1 is 1.40 bits per heavy atom. The molecular weight excluding hydrogens is 254 g/mol. The van der Waals surface area contributed by atoms with Gasteiger partial charge >= 0.3 is 0 Å². The molecule has 0 aliphatic carbocycles. The van der Waals surface area contributed by atoms with Crippen molar-refractivity contribution in [3.8, 4) is 0 Å². The third-order valence-corrected chi connectivity index (χ3v) is 4.32. The summed E-state index contributed by atoms with van der Waals surface area (Å²) in [5, 5.41) is 7.58. The van der Waals surface area contributed by atoms with E-state index in [1.807, 2.05) is 0 Å². The minimum absolute atomic E-state index is 0.0336. The lowest BCUT2D eigenvalue weighted by Crippen LogP contribution is -2.46. The molecule has 0 bridgehead atoms. The predicted octanol–water partition coefficient (Wildman–Crippen LogP) is 1.84. The average Bonchev–Trinajstić information content (AvgIpc) is 2.46. The second-order valence-corrected chi connectivity index (χ2v) is 6.36. The van der Waals surface area contributed by atoms with Crippen molar-refractivity contribution in [1.82, 2.24) is 10.2 Å². The van der Waals surface area contributed by atoms with Crippen LogP contribution in [0.4, 0.5) is 0 Å². The number of likely N-dealkylation sites (N-methyl/N-ethyl adjacent to an activating group) is 1. The van der Waals surface area contributed by atoms with Crippen LogP contribution in [-0.2, 0) is 9.57 Å². The lowest BCUT2D eigenvalue weighted by Gasteiger charge is -2.37. The summed E-state index contributed by atoms with van der Waals surface area (Å²) in [6.45, 7) is 9.10. The SMILES string of the molecule is CCCCN(C)CC1CON=C(C2(C)CCNCC2)O1. The summed E-state index contributed by atoms with van der Waals surface area (Å²) in [6.07, 6.45) is 4.69. The maximum Gasteiger partial charge on any atom is 0.232 e. The molecule has 1 atom stereocenters. The van der Waals surface area contributed by atoms with Crippen LogP contribution in [0, 0.1) is 5.41 Å². The summed E-state index contributed by atoms with van der Waals surface area (Å²) in [7, 11) is 2.15. The summed E-state index contributed by atoms with van der Waals surface area (Å²) < 4.78 is 6.14. The summed E-state index contributed by atoms with van der Waals surface area (Å²) in [4.78, 5) is 7.76. The normalized spacial score (nSPS) is 25.8. The highest BCUT2D eigenvalue weighted by Gasteiger charge is 2.38. The van der Waals surface area contributed by atoms with Gasteiger partial charge in [0.1, 0.15) is 6.10 Å². The molecule has 2 rings (SSSR count). The van der Waals surface area contributed by atoms with Crippen molar-refractivity contribution in [2.45, 2.75) is 45.6 Å². The van der Waals surface area contributed by atoms with Crippen molar-refractivity contribution in [1.29, 1.82) is 0 Å². The van der Waals surface area contributed by atoms with Crippen molar-refractivity contribution < 1.29 is 9.57 Å². The van der Waals surface area contributed by atoms with Gasteiger partial charge in [-0.3, -0.25) is 0 Å². The van der Waals surface area contributed by atoms with E-state index in [2.05, 4.69) is 36.3 Å². The van der Waals surface area contributed by atoms with Crippen LogP contribution < -0.4 is 5.32 Å². The van der Waals surface area contributed by atoms with Crippen LogP contribution in [0.3, 0.4) is 0 Å². The molecule has 0 aromatic rings. The summed E-state index contributed by atoms with van der Waals surface area (Å²) in [5.74, 6) is 0.805. The molecule has 0 saturated carbocycles. The van der Waals surface area contributed by atoms with Crippen LogP contribution in [0.2, 0.25) is 0 Å². The molecule has 0 aromatic carbocycles. The van der Waals surface area contributed by atoms with E-state index in [9.17, 15) is 0 Å². The van der Waals surface area contributed by atoms with Gasteiger partial charge in [0, 0.05) is 12.0 Å². The average molecular weight is 283 g/mol. The smallest absolute Gasteiger partial charge is 0.232 e. The number of ether oxygens (including phenoxy) is 1. The molecule has 0 aromatic heterocycles. The Balaban J connectivity index is 1.86. The molecule has 0 spiro atoms. The molecule has 1 fully saturated rings. The summed E-state index contributed by atoms with van der Waals surface area (Å²) in [5.41, 5.74) is 0.0336. The lowest BCUT2D eigenvalue weighted by atomic mass is 9.80. The molecule has 5 nitrogen and oxygen atoms in total. The number of unbranched alkanes of at least 4 members (excludes halogenated alkanes) is 1. The first-order valence-corrected chi connectivity index (χ1v) is 7.90. The Hall–Kier alpha value is -0.810. The van der Waals surface area contributed by atoms with Crippen molar-refractivity contribution >= 4 is 5.90 Å². The van der Waals surface area contributed by atoms with Crippen LogP contribution in [0.1, 0.15) is 39.5 Å². The number of hydrogen-bond acceptors (Lipinski definition) is 5. The molecule has 0 amide bonds. The quantitative estimate of drug-likeness (QED) is 0.808. The van der Waals surface area contributed by atoms with Crippen molar-refractivity contribution in [3.63, 3.8) is 0 Å². The molecule has 1 N–H and O–H groups in total. The molecule has 1 unspecified atom stereocenters. The van der Waals surface area contributed by atoms with E-state index >= 15 is 0 Å². The van der Waals surface area contributed by atoms with Gasteiger partial charge in [-0.15, -0.1) is 0 Å². The maximum atomic E-state index is 6.14. The Bertz CT molecular complexity index is 327. The zero-order valence-corrected chi connectivity index (χ0v) is 13.2. The van der Waals surface area contributed by atoms with Crippen LogP contribution in [0.5, 0.6) is 0 Å². The van der Waals surface area contributed by atoms with Gasteiger partial charge in [0.05, 0.1) is 0 Å². The van der Waals surface area contributed by atoms with Gasteiger partial charge in [-0.25, -0.2) is 0 Å². The largest absolute Gasteiger partial charge is 0.470 e. The summed E-state index contributed by atoms with van der Waals surface area (Å²) >= 11 is 0. The van der Waals surface area contributed by atoms with Gasteiger partial charge in [-0.05, 0) is 45.9 Å². The van der Waals surface area contributed by atoms with E-state index < -0.39 is 0 Å². The fraction of sp³-hybridized carbons (Fsp3) is 0.933. The Morgan fingerprint density at radius 2 is 2.15 bits per heavy atom. The van der Waals surface area contributed by atoms with Gasteiger partial charge in [0.15, 0.2) is 6.61 Å². The molecule has 2 aliphatic rings. The van der Waals surface area contributed by atoms with E-state index in [1.54, 1.807) is 0 Å². The number of nitrogens with zero attached hydrogens (tertiary/aromatic N) is 2. The fourth-order valence-corrected chi connectivity index (χ4v) is 2.79. The molecule has 116 valence electrons. The Morgan fingerprint density at radius 3 is 2.85 bits per heavy atom. The molecule has 5 heteroatoms. The first-order chi connectivity index (χ1) is 9.64. The third-order valence-electron chi connectivity index (χ3n) is 4.32. The van der Waals surface area contributed by atoms with Crippen LogP contribution in [-0.4, -0.2) is 56.7 Å². The maximum absolute atomic E-state index is 6.14. The molecule has 2 aliphatic heterocycles. The second-order valence-electron chi connectivity index (χ2n) is 6.36. The van der Waals surface area contributed by atoms with E-state index in [0.717, 1.165) is 44.9 Å². The zero-order chi connectivity index (χ0) is 14.4. The number of piperidine rings is 1. The highest BCUT2D eigenvalue weighted by atomic mass is 16.7. The number of oxime groups is 1. The number of hydrogen-bond donors (Lipinski definition) is 1. The molecular formula is C15H29N3O2. The predicted molar refractivity (Wildman–Crippen MR) is 80.9 cm³/mol. The first-order valence-electron chi connectivity index (χ1n) is 7.90. The Labute approximate surface area is 122 Å². The van der Waals surface area contributed by atoms with Gasteiger partial charge in [0.2, 0.25) is 5.90 Å². The number of nitrogens with one attached hydrogen (secondary N) is 1. The van der Waals surface area contributed by atoms with Crippen LogP contribution in [0.15, 0.2) is 5.16 Å². The highest BCUT2D eigenvalue weighted by Crippen LogP contribution is 2.32. The highest BCUT2D eigenvalue weighted by molar-refractivity contribution is 5.82. The first kappa shape index (κ1) is 15.6. The molecule has 2 heterocycles. The second kappa shape index (κ2) is 7.27. The number of rotatable bonds is 6. The van der Waals surface area contributed by atoms with Gasteiger partial charge in [-0.2, -0.15) is 0 Å². The van der Waals surface area contributed by atoms with E-state index in [-0.39, 0.29) is 11.5 Å². The van der Waals surface area contributed by atoms with E-state index in [0.29, 0.717) is 6.61 Å². The van der Waals surface area contributed by atoms with Gasteiger partial charge in [0.25, 0.3) is 0 Å².